The van der Waals surface area contributed by atoms with E-state index in [0.717, 1.165) is 65.3 Å². The molecule has 0 radical (unpaired) electrons. The summed E-state index contributed by atoms with van der Waals surface area (Å²) < 4.78 is 41.1. The maximum absolute atomic E-state index is 13.1. The van der Waals surface area contributed by atoms with Crippen molar-refractivity contribution in [1.82, 2.24) is 9.80 Å². The maximum Gasteiger partial charge on any atom is 0.293 e. The number of piperazine rings is 1. The van der Waals surface area contributed by atoms with Gasteiger partial charge in [0.1, 0.15) is 13.2 Å². The zero-order valence-electron chi connectivity index (χ0n) is 14.6. The monoisotopic (exact) mass is 338 g/mol. The number of hydrogen-bond acceptors (Lipinski definition) is 5. The van der Waals surface area contributed by atoms with Crippen molar-refractivity contribution in [3.63, 3.8) is 0 Å². The molecule has 5 nitrogen and oxygen atoms in total. The molecule has 7 heteroatoms. The van der Waals surface area contributed by atoms with Crippen LogP contribution in [-0.4, -0.2) is 95.1 Å². The van der Waals surface area contributed by atoms with Gasteiger partial charge in [-0.15, -0.1) is 0 Å². The summed E-state index contributed by atoms with van der Waals surface area (Å²) in [6, 6.07) is 0. The molecule has 0 aliphatic carbocycles. The topological polar surface area (TPSA) is 34.2 Å². The molecule has 1 aliphatic rings. The second-order valence-corrected chi connectivity index (χ2v) is 5.93. The number of rotatable bonds is 13. The SMILES string of the molecule is CCOCCN1CCN(CCCCOCC(F)(F)COC)CC1. The molecule has 1 rings (SSSR count). The van der Waals surface area contributed by atoms with Crippen LogP contribution in [0.1, 0.15) is 19.8 Å². The third-order valence-electron chi connectivity index (χ3n) is 3.90. The molecule has 0 N–H and O–H groups in total. The van der Waals surface area contributed by atoms with E-state index < -0.39 is 19.1 Å². The number of halogens is 2. The van der Waals surface area contributed by atoms with Gasteiger partial charge < -0.3 is 19.1 Å². The molecule has 0 atom stereocenters. The van der Waals surface area contributed by atoms with E-state index >= 15 is 0 Å². The Bertz CT molecular complexity index is 288. The Morgan fingerprint density at radius 3 is 2.13 bits per heavy atom. The second kappa shape index (κ2) is 12.1. The Labute approximate surface area is 138 Å². The van der Waals surface area contributed by atoms with Gasteiger partial charge in [0.25, 0.3) is 5.92 Å². The van der Waals surface area contributed by atoms with Crippen molar-refractivity contribution in [3.8, 4) is 0 Å². The molecular weight excluding hydrogens is 306 g/mol. The Hall–Kier alpha value is -0.340. The first kappa shape index (κ1) is 20.7. The summed E-state index contributed by atoms with van der Waals surface area (Å²) in [7, 11) is 1.27. The lowest BCUT2D eigenvalue weighted by Gasteiger charge is -2.34. The summed E-state index contributed by atoms with van der Waals surface area (Å²) in [5, 5.41) is 0. The van der Waals surface area contributed by atoms with Gasteiger partial charge in [0.15, 0.2) is 0 Å². The van der Waals surface area contributed by atoms with Gasteiger partial charge in [-0.2, -0.15) is 0 Å². The number of alkyl halides is 2. The average Bonchev–Trinajstić information content (AvgIpc) is 2.52. The summed E-state index contributed by atoms with van der Waals surface area (Å²) in [6.07, 6.45) is 1.79. The Balaban J connectivity index is 1.95. The number of hydrogen-bond donors (Lipinski definition) is 0. The van der Waals surface area contributed by atoms with Gasteiger partial charge in [-0.25, -0.2) is 8.78 Å². The fraction of sp³-hybridized carbons (Fsp3) is 1.00. The van der Waals surface area contributed by atoms with Gasteiger partial charge in [0.2, 0.25) is 0 Å². The van der Waals surface area contributed by atoms with Crippen LogP contribution >= 0.6 is 0 Å². The van der Waals surface area contributed by atoms with Gasteiger partial charge in [-0.1, -0.05) is 0 Å². The van der Waals surface area contributed by atoms with Crippen LogP contribution in [0.2, 0.25) is 0 Å². The summed E-state index contributed by atoms with van der Waals surface area (Å²) in [6.45, 7) is 9.15. The van der Waals surface area contributed by atoms with E-state index in [0.29, 0.717) is 6.61 Å². The van der Waals surface area contributed by atoms with E-state index in [1.807, 2.05) is 6.92 Å². The van der Waals surface area contributed by atoms with E-state index in [2.05, 4.69) is 14.5 Å². The van der Waals surface area contributed by atoms with Crippen LogP contribution in [-0.2, 0) is 14.2 Å². The molecule has 0 saturated carbocycles. The van der Waals surface area contributed by atoms with Crippen molar-refractivity contribution < 1.29 is 23.0 Å². The van der Waals surface area contributed by atoms with Crippen molar-refractivity contribution in [2.75, 3.05) is 79.4 Å². The van der Waals surface area contributed by atoms with Crippen molar-refractivity contribution in [1.29, 1.82) is 0 Å². The number of methoxy groups -OCH3 is 1. The van der Waals surface area contributed by atoms with E-state index in [1.165, 1.54) is 7.11 Å². The Morgan fingerprint density at radius 1 is 0.870 bits per heavy atom. The highest BCUT2D eigenvalue weighted by Crippen LogP contribution is 2.14. The molecule has 0 unspecified atom stereocenters. The Morgan fingerprint density at radius 2 is 1.52 bits per heavy atom. The molecule has 1 aliphatic heterocycles. The van der Waals surface area contributed by atoms with Gasteiger partial charge in [0, 0.05) is 53.0 Å². The van der Waals surface area contributed by atoms with Crippen LogP contribution in [0.4, 0.5) is 8.78 Å². The zero-order chi connectivity index (χ0) is 17.0. The normalized spacial score (nSPS) is 17.7. The minimum absolute atomic E-state index is 0.383. The highest BCUT2D eigenvalue weighted by molar-refractivity contribution is 4.71. The highest BCUT2D eigenvalue weighted by Gasteiger charge is 2.28. The molecule has 23 heavy (non-hydrogen) atoms. The molecular formula is C16H32F2N2O3. The lowest BCUT2D eigenvalue weighted by molar-refractivity contribution is -0.116. The average molecular weight is 338 g/mol. The van der Waals surface area contributed by atoms with Crippen molar-refractivity contribution in [3.05, 3.63) is 0 Å². The van der Waals surface area contributed by atoms with Crippen LogP contribution < -0.4 is 0 Å². The minimum Gasteiger partial charge on any atom is -0.380 e. The molecule has 0 amide bonds. The summed E-state index contributed by atoms with van der Waals surface area (Å²) in [5.74, 6) is -2.88. The predicted molar refractivity (Wildman–Crippen MR) is 86.2 cm³/mol. The van der Waals surface area contributed by atoms with Gasteiger partial charge in [0.05, 0.1) is 6.61 Å². The van der Waals surface area contributed by atoms with Crippen LogP contribution in [0, 0.1) is 0 Å². The molecule has 1 fully saturated rings. The van der Waals surface area contributed by atoms with Gasteiger partial charge >= 0.3 is 0 Å². The highest BCUT2D eigenvalue weighted by atomic mass is 19.3. The van der Waals surface area contributed by atoms with E-state index in [-0.39, 0.29) is 0 Å². The van der Waals surface area contributed by atoms with Gasteiger partial charge in [-0.05, 0) is 26.3 Å². The maximum atomic E-state index is 13.1. The lowest BCUT2D eigenvalue weighted by atomic mass is 10.2. The van der Waals surface area contributed by atoms with E-state index in [1.54, 1.807) is 0 Å². The van der Waals surface area contributed by atoms with E-state index in [9.17, 15) is 8.78 Å². The molecule has 0 aromatic heterocycles. The second-order valence-electron chi connectivity index (χ2n) is 5.93. The quantitative estimate of drug-likeness (QED) is 0.478. The molecule has 138 valence electrons. The van der Waals surface area contributed by atoms with Crippen LogP contribution in [0.15, 0.2) is 0 Å². The first-order chi connectivity index (χ1) is 11.1. The number of ether oxygens (including phenoxy) is 3. The third kappa shape index (κ3) is 10.2. The summed E-state index contributed by atoms with van der Waals surface area (Å²) >= 11 is 0. The summed E-state index contributed by atoms with van der Waals surface area (Å²) in [5.41, 5.74) is 0. The van der Waals surface area contributed by atoms with Crippen LogP contribution in [0.3, 0.4) is 0 Å². The summed E-state index contributed by atoms with van der Waals surface area (Å²) in [4.78, 5) is 4.85. The molecule has 1 saturated heterocycles. The smallest absolute Gasteiger partial charge is 0.293 e. The fourth-order valence-corrected chi connectivity index (χ4v) is 2.59. The number of nitrogens with zero attached hydrogens (tertiary/aromatic N) is 2. The molecule has 0 spiro atoms. The molecule has 1 heterocycles. The largest absolute Gasteiger partial charge is 0.380 e. The first-order valence-electron chi connectivity index (χ1n) is 8.54. The van der Waals surface area contributed by atoms with Gasteiger partial charge in [-0.3, -0.25) is 4.90 Å². The Kier molecular flexibility index (Phi) is 10.9. The predicted octanol–water partition coefficient (Wildman–Crippen LogP) is 1.72. The molecule has 0 aromatic carbocycles. The standard InChI is InChI=1S/C16H32F2N2O3/c1-3-22-13-11-20-9-7-19(8-10-20)6-4-5-12-23-15-16(17,18)14-21-2/h3-15H2,1-2H3. The lowest BCUT2D eigenvalue weighted by Crippen LogP contribution is -2.47. The third-order valence-corrected chi connectivity index (χ3v) is 3.90. The van der Waals surface area contributed by atoms with Crippen molar-refractivity contribution in [2.45, 2.75) is 25.7 Å². The molecule has 0 aromatic rings. The van der Waals surface area contributed by atoms with Crippen molar-refractivity contribution in [2.24, 2.45) is 0 Å². The van der Waals surface area contributed by atoms with Crippen LogP contribution in [0.5, 0.6) is 0 Å². The molecule has 0 bridgehead atoms. The minimum atomic E-state index is -2.88. The fourth-order valence-electron chi connectivity index (χ4n) is 2.59. The zero-order valence-corrected chi connectivity index (χ0v) is 14.6. The van der Waals surface area contributed by atoms with Crippen molar-refractivity contribution >= 4 is 0 Å². The first-order valence-corrected chi connectivity index (χ1v) is 8.54. The van der Waals surface area contributed by atoms with Crippen LogP contribution in [0.25, 0.3) is 0 Å². The number of unbranched alkanes of at least 4 members (excludes halogenated alkanes) is 1. The van der Waals surface area contributed by atoms with E-state index in [4.69, 9.17) is 9.47 Å².